The molecule has 0 saturated heterocycles. The SMILES string of the molecule is Cc1occc1-c1nnc(Sc2nc3sccn3c2[N+](=O)[O-])n1N. The van der Waals surface area contributed by atoms with E-state index in [0.29, 0.717) is 27.3 Å². The van der Waals surface area contributed by atoms with Gasteiger partial charge in [-0.25, -0.2) is 4.68 Å². The number of nitro groups is 1. The van der Waals surface area contributed by atoms with E-state index in [9.17, 15) is 10.1 Å². The third-order valence-corrected chi connectivity index (χ3v) is 5.02. The minimum atomic E-state index is -0.479. The van der Waals surface area contributed by atoms with Crippen LogP contribution in [-0.2, 0) is 0 Å². The van der Waals surface area contributed by atoms with Gasteiger partial charge >= 0.3 is 5.82 Å². The second kappa shape index (κ2) is 5.35. The molecule has 0 radical (unpaired) electrons. The summed E-state index contributed by atoms with van der Waals surface area (Å²) < 4.78 is 7.92. The van der Waals surface area contributed by atoms with Crippen LogP contribution in [0.3, 0.4) is 0 Å². The second-order valence-corrected chi connectivity index (χ2v) is 6.55. The van der Waals surface area contributed by atoms with Crippen LogP contribution in [0.2, 0.25) is 0 Å². The zero-order chi connectivity index (χ0) is 16.8. The summed E-state index contributed by atoms with van der Waals surface area (Å²) in [6.07, 6.45) is 3.13. The Kier molecular flexibility index (Phi) is 3.28. The molecule has 0 aliphatic rings. The summed E-state index contributed by atoms with van der Waals surface area (Å²) in [5.41, 5.74) is 0.706. The van der Waals surface area contributed by atoms with E-state index in [1.165, 1.54) is 26.7 Å². The molecule has 4 aromatic rings. The molecule has 0 aliphatic heterocycles. The maximum atomic E-state index is 11.4. The molecule has 0 aliphatic carbocycles. The highest BCUT2D eigenvalue weighted by atomic mass is 32.2. The topological polar surface area (TPSA) is 130 Å². The Morgan fingerprint density at radius 1 is 1.46 bits per heavy atom. The van der Waals surface area contributed by atoms with Crippen LogP contribution in [0.1, 0.15) is 5.76 Å². The fourth-order valence-electron chi connectivity index (χ4n) is 2.22. The lowest BCUT2D eigenvalue weighted by atomic mass is 10.2. The van der Waals surface area contributed by atoms with Crippen molar-refractivity contribution >= 4 is 33.9 Å². The average Bonchev–Trinajstić information content (AvgIpc) is 3.26. The van der Waals surface area contributed by atoms with Crippen molar-refractivity contribution in [3.63, 3.8) is 0 Å². The lowest BCUT2D eigenvalue weighted by Crippen LogP contribution is -2.11. The molecule has 0 amide bonds. The number of imidazole rings is 1. The molecule has 0 unspecified atom stereocenters. The van der Waals surface area contributed by atoms with E-state index in [0.717, 1.165) is 11.8 Å². The fraction of sp³-hybridized carbons (Fsp3) is 0.0833. The van der Waals surface area contributed by atoms with Gasteiger partial charge < -0.3 is 20.4 Å². The van der Waals surface area contributed by atoms with E-state index in [4.69, 9.17) is 10.3 Å². The van der Waals surface area contributed by atoms with Gasteiger partial charge in [0, 0.05) is 5.38 Å². The third-order valence-electron chi connectivity index (χ3n) is 3.33. The molecule has 10 nitrogen and oxygen atoms in total. The summed E-state index contributed by atoms with van der Waals surface area (Å²) in [4.78, 5) is 15.7. The molecule has 12 heteroatoms. The van der Waals surface area contributed by atoms with Gasteiger partial charge in [-0.1, -0.05) is 11.3 Å². The third kappa shape index (κ3) is 2.15. The van der Waals surface area contributed by atoms with E-state index < -0.39 is 4.92 Å². The lowest BCUT2D eigenvalue weighted by molar-refractivity contribution is -0.393. The number of fused-ring (bicyclic) bond motifs is 1. The fourth-order valence-corrected chi connectivity index (χ4v) is 3.82. The number of furan rings is 1. The molecule has 24 heavy (non-hydrogen) atoms. The molecule has 4 rings (SSSR count). The van der Waals surface area contributed by atoms with E-state index in [2.05, 4.69) is 15.2 Å². The van der Waals surface area contributed by atoms with Crippen molar-refractivity contribution in [1.29, 1.82) is 0 Å². The molecule has 0 atom stereocenters. The first-order valence-corrected chi connectivity index (χ1v) is 8.28. The van der Waals surface area contributed by atoms with Gasteiger partial charge in [-0.2, -0.15) is 9.38 Å². The monoisotopic (exact) mass is 363 g/mol. The highest BCUT2D eigenvalue weighted by Gasteiger charge is 2.27. The molecular weight excluding hydrogens is 354 g/mol. The predicted octanol–water partition coefficient (Wildman–Crippen LogP) is 2.33. The standard InChI is InChI=1S/C12H9N7O3S2/c1-6-7(2-4-22-6)8-15-16-12(18(8)13)24-9-10(19(20)21)17-3-5-23-11(17)14-9/h2-5H,13H2,1H3. The number of hydrogen-bond donors (Lipinski definition) is 1. The first-order chi connectivity index (χ1) is 11.6. The highest BCUT2D eigenvalue weighted by Crippen LogP contribution is 2.36. The zero-order valence-corrected chi connectivity index (χ0v) is 13.7. The van der Waals surface area contributed by atoms with Crippen LogP contribution in [0.25, 0.3) is 16.3 Å². The van der Waals surface area contributed by atoms with E-state index >= 15 is 0 Å². The maximum absolute atomic E-state index is 11.4. The Balaban J connectivity index is 1.76. The Morgan fingerprint density at radius 2 is 2.29 bits per heavy atom. The van der Waals surface area contributed by atoms with Gasteiger partial charge in [-0.05, 0) is 29.7 Å². The van der Waals surface area contributed by atoms with Gasteiger partial charge in [0.1, 0.15) is 12.0 Å². The summed E-state index contributed by atoms with van der Waals surface area (Å²) in [5.74, 6) is 6.97. The highest BCUT2D eigenvalue weighted by molar-refractivity contribution is 7.99. The first-order valence-electron chi connectivity index (χ1n) is 6.59. The largest absolute Gasteiger partial charge is 0.469 e. The van der Waals surface area contributed by atoms with Gasteiger partial charge in [0.05, 0.1) is 11.8 Å². The van der Waals surface area contributed by atoms with Gasteiger partial charge in [-0.3, -0.25) is 0 Å². The Morgan fingerprint density at radius 3 is 3.00 bits per heavy atom. The van der Waals surface area contributed by atoms with Crippen molar-refractivity contribution in [3.8, 4) is 11.4 Å². The quantitative estimate of drug-likeness (QED) is 0.332. The van der Waals surface area contributed by atoms with Crippen molar-refractivity contribution in [3.05, 3.63) is 39.8 Å². The molecule has 122 valence electrons. The van der Waals surface area contributed by atoms with Crippen LogP contribution in [-0.4, -0.2) is 29.2 Å². The van der Waals surface area contributed by atoms with Crippen LogP contribution in [0.15, 0.2) is 38.5 Å². The lowest BCUT2D eigenvalue weighted by Gasteiger charge is -2.01. The number of hydrogen-bond acceptors (Lipinski definition) is 9. The number of nitrogens with two attached hydrogens (primary N) is 1. The van der Waals surface area contributed by atoms with Gasteiger partial charge in [0.25, 0.3) is 4.96 Å². The molecule has 4 aromatic heterocycles. The molecule has 0 fully saturated rings. The zero-order valence-electron chi connectivity index (χ0n) is 12.1. The van der Waals surface area contributed by atoms with Crippen molar-refractivity contribution in [1.82, 2.24) is 24.3 Å². The number of aromatic nitrogens is 5. The van der Waals surface area contributed by atoms with Crippen LogP contribution in [0.4, 0.5) is 5.82 Å². The van der Waals surface area contributed by atoms with Crippen molar-refractivity contribution in [2.45, 2.75) is 17.1 Å². The maximum Gasteiger partial charge on any atom is 0.363 e. The summed E-state index contributed by atoms with van der Waals surface area (Å²) in [5, 5.41) is 21.6. The molecule has 4 heterocycles. The van der Waals surface area contributed by atoms with E-state index in [1.807, 2.05) is 0 Å². The molecule has 0 aromatic carbocycles. The Labute approximate surface area is 142 Å². The van der Waals surface area contributed by atoms with Gasteiger partial charge in [0.15, 0.2) is 5.82 Å². The molecule has 0 spiro atoms. The molecule has 2 N–H and O–H groups in total. The number of thiazole rings is 1. The minimum absolute atomic E-state index is 0.125. The van der Waals surface area contributed by atoms with Gasteiger partial charge in [0.2, 0.25) is 10.2 Å². The summed E-state index contributed by atoms with van der Waals surface area (Å²) in [6.45, 7) is 1.78. The first kappa shape index (κ1) is 14.7. The minimum Gasteiger partial charge on any atom is -0.469 e. The molecular formula is C12H9N7O3S2. The van der Waals surface area contributed by atoms with Crippen LogP contribution >= 0.6 is 23.1 Å². The van der Waals surface area contributed by atoms with Gasteiger partial charge in [-0.15, -0.1) is 10.2 Å². The van der Waals surface area contributed by atoms with Crippen LogP contribution < -0.4 is 5.84 Å². The van der Waals surface area contributed by atoms with Crippen molar-refractivity contribution in [2.75, 3.05) is 5.84 Å². The normalized spacial score (nSPS) is 11.4. The van der Waals surface area contributed by atoms with Crippen LogP contribution in [0.5, 0.6) is 0 Å². The van der Waals surface area contributed by atoms with Crippen molar-refractivity contribution < 1.29 is 9.34 Å². The summed E-state index contributed by atoms with van der Waals surface area (Å²) >= 11 is 2.30. The average molecular weight is 363 g/mol. The molecule has 0 bridgehead atoms. The van der Waals surface area contributed by atoms with Crippen molar-refractivity contribution in [2.24, 2.45) is 0 Å². The summed E-state index contributed by atoms with van der Waals surface area (Å²) in [6, 6.07) is 1.73. The molecule has 0 saturated carbocycles. The number of rotatable bonds is 4. The number of nitrogen functional groups attached to an aromatic ring is 1. The predicted molar refractivity (Wildman–Crippen MR) is 86.5 cm³/mol. The summed E-state index contributed by atoms with van der Waals surface area (Å²) in [7, 11) is 0. The smallest absolute Gasteiger partial charge is 0.363 e. The van der Waals surface area contributed by atoms with E-state index in [1.54, 1.807) is 24.6 Å². The Bertz CT molecular complexity index is 1060. The Hall–Kier alpha value is -2.86. The van der Waals surface area contributed by atoms with E-state index in [-0.39, 0.29) is 10.8 Å². The number of aryl methyl sites for hydroxylation is 1. The number of nitrogens with zero attached hydrogens (tertiary/aromatic N) is 6. The van der Waals surface area contributed by atoms with Crippen LogP contribution in [0, 0.1) is 17.0 Å². The second-order valence-electron chi connectivity index (χ2n) is 4.72.